The minimum Gasteiger partial charge on any atom is -0.473 e. The molecule has 0 heterocycles. The highest BCUT2D eigenvalue weighted by Crippen LogP contribution is 2.07. The molecule has 0 saturated heterocycles. The molecule has 1 aromatic rings. The lowest BCUT2D eigenvalue weighted by Gasteiger charge is -2.10. The topological polar surface area (TPSA) is 77.8 Å². The molecule has 0 fully saturated rings. The number of para-hydroxylation sites is 1. The number of rotatable bonds is 1. The lowest BCUT2D eigenvalue weighted by atomic mass is 10.3. The van der Waals surface area contributed by atoms with Crippen LogP contribution in [0.1, 0.15) is 0 Å². The van der Waals surface area contributed by atoms with Gasteiger partial charge < -0.3 is 15.1 Å². The summed E-state index contributed by atoms with van der Waals surface area (Å²) < 4.78 is 0. The van der Waals surface area contributed by atoms with Gasteiger partial charge in [0.1, 0.15) is 0 Å². The summed E-state index contributed by atoms with van der Waals surface area (Å²) in [7, 11) is 4.07. The Hall–Kier alpha value is -2.04. The van der Waals surface area contributed by atoms with Gasteiger partial charge in [-0.05, 0) is 12.1 Å². The molecule has 1 rings (SSSR count). The van der Waals surface area contributed by atoms with Crippen LogP contribution in [0.25, 0.3) is 0 Å². The number of carboxylic acid groups (broad SMARTS) is 2. The van der Waals surface area contributed by atoms with E-state index in [0.29, 0.717) is 0 Å². The van der Waals surface area contributed by atoms with Crippen molar-refractivity contribution in [1.82, 2.24) is 0 Å². The number of carboxylic acids is 2. The molecule has 15 heavy (non-hydrogen) atoms. The summed E-state index contributed by atoms with van der Waals surface area (Å²) in [6.07, 6.45) is 0. The predicted octanol–water partition coefficient (Wildman–Crippen LogP) is 0.908. The van der Waals surface area contributed by atoms with Gasteiger partial charge in [0, 0.05) is 19.8 Å². The van der Waals surface area contributed by atoms with E-state index in [9.17, 15) is 0 Å². The van der Waals surface area contributed by atoms with E-state index < -0.39 is 11.9 Å². The maximum absolute atomic E-state index is 9.10. The standard InChI is InChI=1S/C8H11N.C2H2O4/c1-9(2)8-6-4-3-5-7-8;3-1(4)2(5)6/h3-7H,1-2H3;(H,3,4)(H,5,6). The summed E-state index contributed by atoms with van der Waals surface area (Å²) in [6.45, 7) is 0. The van der Waals surface area contributed by atoms with Crippen LogP contribution in [-0.4, -0.2) is 36.2 Å². The fourth-order valence-corrected chi connectivity index (χ4v) is 0.726. The number of hydrogen-bond donors (Lipinski definition) is 2. The maximum Gasteiger partial charge on any atom is 0.414 e. The molecule has 0 unspecified atom stereocenters. The van der Waals surface area contributed by atoms with Gasteiger partial charge in [-0.15, -0.1) is 0 Å². The van der Waals surface area contributed by atoms with Gasteiger partial charge in [0.2, 0.25) is 0 Å². The van der Waals surface area contributed by atoms with Gasteiger partial charge in [0.05, 0.1) is 0 Å². The fraction of sp³-hybridized carbons (Fsp3) is 0.200. The second-order valence-electron chi connectivity index (χ2n) is 2.84. The smallest absolute Gasteiger partial charge is 0.414 e. The third-order valence-electron chi connectivity index (χ3n) is 1.46. The molecule has 0 bridgehead atoms. The van der Waals surface area contributed by atoms with Gasteiger partial charge in [-0.1, -0.05) is 18.2 Å². The molecule has 0 aliphatic rings. The molecule has 0 aliphatic carbocycles. The predicted molar refractivity (Wildman–Crippen MR) is 56.0 cm³/mol. The van der Waals surface area contributed by atoms with E-state index in [1.807, 2.05) is 32.3 Å². The van der Waals surface area contributed by atoms with E-state index in [1.54, 1.807) is 0 Å². The first kappa shape index (κ1) is 13.0. The van der Waals surface area contributed by atoms with Crippen LogP contribution in [-0.2, 0) is 9.59 Å². The highest BCUT2D eigenvalue weighted by Gasteiger charge is 2.04. The number of carbonyl (C=O) groups is 2. The average Bonchev–Trinajstić information content (AvgIpc) is 2.20. The lowest BCUT2D eigenvalue weighted by molar-refractivity contribution is -0.159. The molecule has 0 spiro atoms. The molecule has 0 saturated carbocycles. The third kappa shape index (κ3) is 6.09. The Kier molecular flexibility index (Phi) is 5.55. The Bertz CT molecular complexity index is 309. The zero-order valence-electron chi connectivity index (χ0n) is 8.54. The van der Waals surface area contributed by atoms with E-state index in [-0.39, 0.29) is 0 Å². The van der Waals surface area contributed by atoms with E-state index in [2.05, 4.69) is 17.0 Å². The van der Waals surface area contributed by atoms with Crippen LogP contribution >= 0.6 is 0 Å². The monoisotopic (exact) mass is 211 g/mol. The SMILES string of the molecule is CN(C)c1ccccc1.O=C(O)C(=O)O. The molecule has 0 amide bonds. The van der Waals surface area contributed by atoms with Gasteiger partial charge >= 0.3 is 11.9 Å². The van der Waals surface area contributed by atoms with E-state index >= 15 is 0 Å². The van der Waals surface area contributed by atoms with Crippen molar-refractivity contribution in [3.05, 3.63) is 30.3 Å². The van der Waals surface area contributed by atoms with Gasteiger partial charge in [0.25, 0.3) is 0 Å². The minimum absolute atomic E-state index is 1.25. The summed E-state index contributed by atoms with van der Waals surface area (Å²) in [5.41, 5.74) is 1.25. The molecule has 0 aliphatic heterocycles. The lowest BCUT2D eigenvalue weighted by Crippen LogP contribution is -2.09. The fourth-order valence-electron chi connectivity index (χ4n) is 0.726. The van der Waals surface area contributed by atoms with Crippen LogP contribution in [0.2, 0.25) is 0 Å². The molecule has 5 nitrogen and oxygen atoms in total. The van der Waals surface area contributed by atoms with Crippen molar-refractivity contribution in [2.24, 2.45) is 0 Å². The highest BCUT2D eigenvalue weighted by atomic mass is 16.4. The Morgan fingerprint density at radius 2 is 1.40 bits per heavy atom. The van der Waals surface area contributed by atoms with Crippen molar-refractivity contribution < 1.29 is 19.8 Å². The zero-order chi connectivity index (χ0) is 11.8. The summed E-state index contributed by atoms with van der Waals surface area (Å²) in [6, 6.07) is 10.3. The zero-order valence-corrected chi connectivity index (χ0v) is 8.54. The normalized spacial score (nSPS) is 8.40. The second-order valence-corrected chi connectivity index (χ2v) is 2.84. The van der Waals surface area contributed by atoms with Crippen LogP contribution in [0.5, 0.6) is 0 Å². The van der Waals surface area contributed by atoms with Crippen molar-refractivity contribution in [1.29, 1.82) is 0 Å². The summed E-state index contributed by atoms with van der Waals surface area (Å²) >= 11 is 0. The molecule has 1 aromatic carbocycles. The molecule has 0 radical (unpaired) electrons. The average molecular weight is 211 g/mol. The Balaban J connectivity index is 0.000000288. The van der Waals surface area contributed by atoms with Crippen LogP contribution in [0.15, 0.2) is 30.3 Å². The van der Waals surface area contributed by atoms with E-state index in [1.165, 1.54) is 5.69 Å². The van der Waals surface area contributed by atoms with E-state index in [0.717, 1.165) is 0 Å². The molecule has 0 aromatic heterocycles. The number of nitrogens with zero attached hydrogens (tertiary/aromatic N) is 1. The largest absolute Gasteiger partial charge is 0.473 e. The summed E-state index contributed by atoms with van der Waals surface area (Å²) in [5, 5.41) is 14.8. The van der Waals surface area contributed by atoms with Crippen molar-refractivity contribution in [3.8, 4) is 0 Å². The van der Waals surface area contributed by atoms with Crippen LogP contribution in [0.4, 0.5) is 5.69 Å². The van der Waals surface area contributed by atoms with Crippen LogP contribution < -0.4 is 4.90 Å². The van der Waals surface area contributed by atoms with Gasteiger partial charge in [-0.25, -0.2) is 9.59 Å². The number of anilines is 1. The molecule has 0 atom stereocenters. The Morgan fingerprint density at radius 1 is 1.00 bits per heavy atom. The van der Waals surface area contributed by atoms with Crippen LogP contribution in [0, 0.1) is 0 Å². The first-order chi connectivity index (χ1) is 6.95. The Labute approximate surface area is 87.6 Å². The molecule has 2 N–H and O–H groups in total. The quantitative estimate of drug-likeness (QED) is 0.675. The van der Waals surface area contributed by atoms with Crippen LogP contribution in [0.3, 0.4) is 0 Å². The summed E-state index contributed by atoms with van der Waals surface area (Å²) in [5.74, 6) is -3.65. The first-order valence-corrected chi connectivity index (χ1v) is 4.13. The third-order valence-corrected chi connectivity index (χ3v) is 1.46. The highest BCUT2D eigenvalue weighted by molar-refractivity contribution is 6.27. The second kappa shape index (κ2) is 6.42. The molecule has 82 valence electrons. The molecular weight excluding hydrogens is 198 g/mol. The molecular formula is C10H13NO4. The number of aliphatic carboxylic acids is 2. The van der Waals surface area contributed by atoms with Crippen molar-refractivity contribution in [2.45, 2.75) is 0 Å². The van der Waals surface area contributed by atoms with Crippen molar-refractivity contribution in [2.75, 3.05) is 19.0 Å². The van der Waals surface area contributed by atoms with Gasteiger partial charge in [-0.2, -0.15) is 0 Å². The van der Waals surface area contributed by atoms with Gasteiger partial charge in [0.15, 0.2) is 0 Å². The molecule has 5 heteroatoms. The Morgan fingerprint density at radius 3 is 1.60 bits per heavy atom. The van der Waals surface area contributed by atoms with Gasteiger partial charge in [-0.3, -0.25) is 0 Å². The van der Waals surface area contributed by atoms with Crippen molar-refractivity contribution in [3.63, 3.8) is 0 Å². The first-order valence-electron chi connectivity index (χ1n) is 4.13. The summed E-state index contributed by atoms with van der Waals surface area (Å²) in [4.78, 5) is 20.3. The van der Waals surface area contributed by atoms with E-state index in [4.69, 9.17) is 19.8 Å². The minimum atomic E-state index is -1.82. The number of benzene rings is 1. The van der Waals surface area contributed by atoms with Crippen molar-refractivity contribution >= 4 is 17.6 Å². The maximum atomic E-state index is 9.10. The number of hydrogen-bond acceptors (Lipinski definition) is 3.